The lowest BCUT2D eigenvalue weighted by Crippen LogP contribution is -1.95. The molecule has 1 aliphatic rings. The maximum absolute atomic E-state index is 3.74. The van der Waals surface area contributed by atoms with Crippen LogP contribution in [0.15, 0.2) is 16.6 Å². The summed E-state index contributed by atoms with van der Waals surface area (Å²) in [6, 6.07) is 4.53. The van der Waals surface area contributed by atoms with Gasteiger partial charge in [0.25, 0.3) is 0 Å². The number of nitrogens with one attached hydrogen (secondary N) is 1. The quantitative estimate of drug-likeness (QED) is 0.562. The SMILES string of the molecule is Cc1cc(Br)cc2c3c([nH]c12)CCCCCCCCCC3. The van der Waals surface area contributed by atoms with E-state index in [1.165, 1.54) is 90.8 Å². The lowest BCUT2D eigenvalue weighted by atomic mass is 9.97. The molecule has 1 heterocycles. The Morgan fingerprint density at radius 3 is 2.19 bits per heavy atom. The van der Waals surface area contributed by atoms with Crippen molar-refractivity contribution < 1.29 is 0 Å². The van der Waals surface area contributed by atoms with Crippen molar-refractivity contribution in [1.29, 1.82) is 0 Å². The molecule has 1 nitrogen and oxygen atoms in total. The second-order valence-corrected chi connectivity index (χ2v) is 7.47. The summed E-state index contributed by atoms with van der Waals surface area (Å²) in [5.41, 5.74) is 5.82. The first-order valence-electron chi connectivity index (χ1n) is 8.55. The summed E-state index contributed by atoms with van der Waals surface area (Å²) in [6.07, 6.45) is 13.6. The molecule has 0 amide bonds. The standard InChI is InChI=1S/C19H26BrN/c1-14-12-15(20)13-17-16-10-8-6-4-2-3-5-7-9-11-18(16)21-19(14)17/h12-13,21H,2-11H2,1H3. The number of aromatic amines is 1. The van der Waals surface area contributed by atoms with Gasteiger partial charge in [-0.3, -0.25) is 0 Å². The first-order valence-corrected chi connectivity index (χ1v) is 9.34. The van der Waals surface area contributed by atoms with Gasteiger partial charge in [0.05, 0.1) is 0 Å². The maximum atomic E-state index is 3.74. The molecule has 114 valence electrons. The zero-order chi connectivity index (χ0) is 14.7. The molecule has 0 saturated carbocycles. The highest BCUT2D eigenvalue weighted by molar-refractivity contribution is 9.10. The molecule has 2 heteroatoms. The number of rotatable bonds is 0. The molecule has 0 atom stereocenters. The van der Waals surface area contributed by atoms with Crippen molar-refractivity contribution in [3.63, 3.8) is 0 Å². The van der Waals surface area contributed by atoms with Crippen molar-refractivity contribution in [1.82, 2.24) is 4.98 Å². The van der Waals surface area contributed by atoms with Crippen molar-refractivity contribution >= 4 is 26.8 Å². The van der Waals surface area contributed by atoms with Crippen molar-refractivity contribution in [2.24, 2.45) is 0 Å². The second kappa shape index (κ2) is 7.00. The van der Waals surface area contributed by atoms with E-state index < -0.39 is 0 Å². The molecule has 0 radical (unpaired) electrons. The maximum Gasteiger partial charge on any atom is 0.0489 e. The van der Waals surface area contributed by atoms with Crippen molar-refractivity contribution in [2.45, 2.75) is 71.1 Å². The molecule has 21 heavy (non-hydrogen) atoms. The minimum atomic E-state index is 1.21. The zero-order valence-electron chi connectivity index (χ0n) is 13.1. The smallest absolute Gasteiger partial charge is 0.0489 e. The molecule has 1 N–H and O–H groups in total. The van der Waals surface area contributed by atoms with Crippen LogP contribution >= 0.6 is 15.9 Å². The molecule has 0 aliphatic heterocycles. The third-order valence-corrected chi connectivity index (χ3v) is 5.33. The van der Waals surface area contributed by atoms with Gasteiger partial charge in [0.1, 0.15) is 0 Å². The Balaban J connectivity index is 1.96. The van der Waals surface area contributed by atoms with E-state index in [9.17, 15) is 0 Å². The third kappa shape index (κ3) is 3.53. The molecule has 0 bridgehead atoms. The highest BCUT2D eigenvalue weighted by Crippen LogP contribution is 2.31. The Kier molecular flexibility index (Phi) is 5.05. The van der Waals surface area contributed by atoms with Gasteiger partial charge in [0, 0.05) is 21.1 Å². The van der Waals surface area contributed by atoms with Crippen LogP contribution < -0.4 is 0 Å². The largest absolute Gasteiger partial charge is 0.358 e. The number of hydrogen-bond acceptors (Lipinski definition) is 0. The van der Waals surface area contributed by atoms with E-state index in [0.717, 1.165) is 0 Å². The van der Waals surface area contributed by atoms with Crippen LogP contribution in [0, 0.1) is 6.92 Å². The highest BCUT2D eigenvalue weighted by atomic mass is 79.9. The van der Waals surface area contributed by atoms with Gasteiger partial charge in [-0.15, -0.1) is 0 Å². The number of aromatic nitrogens is 1. The highest BCUT2D eigenvalue weighted by Gasteiger charge is 2.13. The lowest BCUT2D eigenvalue weighted by Gasteiger charge is -2.08. The Bertz CT molecular complexity index is 612. The minimum Gasteiger partial charge on any atom is -0.358 e. The molecule has 0 spiro atoms. The number of hydrogen-bond donors (Lipinski definition) is 1. The van der Waals surface area contributed by atoms with Gasteiger partial charge < -0.3 is 4.98 Å². The van der Waals surface area contributed by atoms with Gasteiger partial charge in [-0.1, -0.05) is 54.5 Å². The minimum absolute atomic E-state index is 1.21. The summed E-state index contributed by atoms with van der Waals surface area (Å²) in [5.74, 6) is 0. The summed E-state index contributed by atoms with van der Waals surface area (Å²) >= 11 is 3.67. The molecule has 1 aliphatic carbocycles. The van der Waals surface area contributed by atoms with Gasteiger partial charge in [0.2, 0.25) is 0 Å². The van der Waals surface area contributed by atoms with E-state index >= 15 is 0 Å². The van der Waals surface area contributed by atoms with Crippen molar-refractivity contribution in [3.05, 3.63) is 33.4 Å². The van der Waals surface area contributed by atoms with Crippen LogP contribution in [0.1, 0.15) is 68.2 Å². The lowest BCUT2D eigenvalue weighted by molar-refractivity contribution is 0.559. The van der Waals surface area contributed by atoms with Crippen LogP contribution in [0.2, 0.25) is 0 Å². The summed E-state index contributed by atoms with van der Waals surface area (Å²) < 4.78 is 1.21. The fourth-order valence-corrected chi connectivity index (χ4v) is 4.27. The first-order chi connectivity index (χ1) is 10.3. The van der Waals surface area contributed by atoms with Crippen LogP contribution in [-0.4, -0.2) is 4.98 Å². The Morgan fingerprint density at radius 2 is 1.48 bits per heavy atom. The second-order valence-electron chi connectivity index (χ2n) is 6.56. The first kappa shape index (κ1) is 15.1. The predicted octanol–water partition coefficient (Wildman–Crippen LogP) is 6.46. The third-order valence-electron chi connectivity index (χ3n) is 4.87. The van der Waals surface area contributed by atoms with E-state index in [2.05, 4.69) is 40.0 Å². The van der Waals surface area contributed by atoms with Crippen LogP contribution in [-0.2, 0) is 12.8 Å². The Hall–Kier alpha value is -0.760. The molecular formula is C19H26BrN. The molecule has 3 rings (SSSR count). The van der Waals surface area contributed by atoms with Crippen molar-refractivity contribution in [2.75, 3.05) is 0 Å². The normalized spacial score (nSPS) is 18.0. The number of fused-ring (bicyclic) bond motifs is 3. The van der Waals surface area contributed by atoms with E-state index in [1.807, 2.05) is 0 Å². The average molecular weight is 348 g/mol. The van der Waals surface area contributed by atoms with E-state index in [1.54, 1.807) is 5.56 Å². The summed E-state index contributed by atoms with van der Waals surface area (Å²) in [5, 5.41) is 1.45. The van der Waals surface area contributed by atoms with Crippen LogP contribution in [0.3, 0.4) is 0 Å². The zero-order valence-corrected chi connectivity index (χ0v) is 14.7. The van der Waals surface area contributed by atoms with Crippen LogP contribution in [0.25, 0.3) is 10.9 Å². The number of halogens is 1. The van der Waals surface area contributed by atoms with Gasteiger partial charge in [0.15, 0.2) is 0 Å². The van der Waals surface area contributed by atoms with Crippen LogP contribution in [0.5, 0.6) is 0 Å². The van der Waals surface area contributed by atoms with E-state index in [0.29, 0.717) is 0 Å². The Morgan fingerprint density at radius 1 is 0.857 bits per heavy atom. The number of aryl methyl sites for hydroxylation is 3. The molecule has 1 aromatic heterocycles. The fourth-order valence-electron chi connectivity index (χ4n) is 3.70. The summed E-state index contributed by atoms with van der Waals surface area (Å²) in [4.78, 5) is 3.74. The molecular weight excluding hydrogens is 322 g/mol. The molecule has 1 aromatic carbocycles. The van der Waals surface area contributed by atoms with Gasteiger partial charge >= 0.3 is 0 Å². The van der Waals surface area contributed by atoms with E-state index in [-0.39, 0.29) is 0 Å². The van der Waals surface area contributed by atoms with Gasteiger partial charge in [-0.05, 0) is 55.9 Å². The fraction of sp³-hybridized carbons (Fsp3) is 0.579. The predicted molar refractivity (Wildman–Crippen MR) is 95.1 cm³/mol. The summed E-state index contributed by atoms with van der Waals surface area (Å²) in [6.45, 7) is 2.21. The van der Waals surface area contributed by atoms with Crippen LogP contribution in [0.4, 0.5) is 0 Å². The monoisotopic (exact) mass is 347 g/mol. The average Bonchev–Trinajstić information content (AvgIpc) is 2.77. The van der Waals surface area contributed by atoms with Crippen molar-refractivity contribution in [3.8, 4) is 0 Å². The number of benzene rings is 1. The van der Waals surface area contributed by atoms with Gasteiger partial charge in [-0.2, -0.15) is 0 Å². The number of H-pyrrole nitrogens is 1. The molecule has 0 saturated heterocycles. The Labute approximate surface area is 136 Å². The summed E-state index contributed by atoms with van der Waals surface area (Å²) in [7, 11) is 0. The van der Waals surface area contributed by atoms with E-state index in [4.69, 9.17) is 0 Å². The molecule has 0 unspecified atom stereocenters. The molecule has 0 fully saturated rings. The molecule has 2 aromatic rings. The van der Waals surface area contributed by atoms with Gasteiger partial charge in [-0.25, -0.2) is 0 Å². The topological polar surface area (TPSA) is 15.8 Å².